The minimum absolute atomic E-state index is 0.0338. The number of carbonyl (C=O) groups excluding carboxylic acids is 1. The number of allylic oxidation sites excluding steroid dienone is 4. The number of hydrogen-bond donors (Lipinski definition) is 0. The van der Waals surface area contributed by atoms with E-state index in [9.17, 15) is 4.79 Å². The van der Waals surface area contributed by atoms with Crippen molar-refractivity contribution < 1.29 is 14.3 Å². The maximum atomic E-state index is 13.5. The van der Waals surface area contributed by atoms with E-state index in [0.717, 1.165) is 75.7 Å². The van der Waals surface area contributed by atoms with Gasteiger partial charge in [0.2, 0.25) is 11.8 Å². The lowest BCUT2D eigenvalue weighted by Gasteiger charge is -2.43. The van der Waals surface area contributed by atoms with Crippen LogP contribution in [0.15, 0.2) is 72.2 Å². The summed E-state index contributed by atoms with van der Waals surface area (Å²) >= 11 is 0. The Morgan fingerprint density at radius 2 is 1.83 bits per heavy atom. The number of nitrogens with zero attached hydrogens (tertiary/aromatic N) is 3. The number of fused-ring (bicyclic) bond motifs is 1. The van der Waals surface area contributed by atoms with Crippen LogP contribution in [-0.4, -0.2) is 54.5 Å². The molecule has 0 radical (unpaired) electrons. The Kier molecular flexibility index (Phi) is 7.24. The van der Waals surface area contributed by atoms with Crippen molar-refractivity contribution in [3.8, 4) is 0 Å². The highest BCUT2D eigenvalue weighted by Crippen LogP contribution is 2.34. The Labute approximate surface area is 215 Å². The minimum atomic E-state index is -0.0338. The monoisotopic (exact) mass is 489 g/mol. The molecule has 5 rings (SSSR count). The summed E-state index contributed by atoms with van der Waals surface area (Å²) in [5, 5.41) is 0. The molecule has 1 fully saturated rings. The number of amides is 1. The second-order valence-corrected chi connectivity index (χ2v) is 11.4. The number of benzene rings is 1. The fourth-order valence-corrected chi connectivity index (χ4v) is 5.50. The van der Waals surface area contributed by atoms with Crippen LogP contribution in [0.3, 0.4) is 0 Å². The number of carbonyl (C=O) groups is 1. The molecule has 3 aliphatic heterocycles. The van der Waals surface area contributed by atoms with Crippen molar-refractivity contribution in [2.45, 2.75) is 58.9 Å². The van der Waals surface area contributed by atoms with Gasteiger partial charge in [0.25, 0.3) is 0 Å². The van der Waals surface area contributed by atoms with Crippen molar-refractivity contribution >= 4 is 11.6 Å². The summed E-state index contributed by atoms with van der Waals surface area (Å²) in [5.41, 5.74) is 3.53. The third-order valence-corrected chi connectivity index (χ3v) is 7.37. The zero-order chi connectivity index (χ0) is 25.1. The summed E-state index contributed by atoms with van der Waals surface area (Å²) in [6.07, 6.45) is 14.4. The van der Waals surface area contributed by atoms with Gasteiger partial charge in [0.1, 0.15) is 6.26 Å². The van der Waals surface area contributed by atoms with Crippen molar-refractivity contribution in [3.05, 3.63) is 77.8 Å². The van der Waals surface area contributed by atoms with Crippen molar-refractivity contribution in [2.75, 3.05) is 37.6 Å². The first-order valence-electron chi connectivity index (χ1n) is 13.3. The van der Waals surface area contributed by atoms with Crippen LogP contribution < -0.4 is 4.90 Å². The number of piperazine rings is 1. The molecule has 0 spiro atoms. The van der Waals surface area contributed by atoms with Gasteiger partial charge in [-0.2, -0.15) is 0 Å². The number of aryl methyl sites for hydroxylation is 1. The second-order valence-electron chi connectivity index (χ2n) is 11.4. The molecule has 1 atom stereocenters. The summed E-state index contributed by atoms with van der Waals surface area (Å²) in [4.78, 5) is 20.3. The van der Waals surface area contributed by atoms with E-state index >= 15 is 0 Å². The van der Waals surface area contributed by atoms with E-state index in [-0.39, 0.29) is 17.4 Å². The third-order valence-electron chi connectivity index (χ3n) is 7.37. The van der Waals surface area contributed by atoms with Crippen LogP contribution in [0.1, 0.15) is 52.0 Å². The number of para-hydroxylation sites is 1. The van der Waals surface area contributed by atoms with Gasteiger partial charge < -0.3 is 19.3 Å². The molecular formula is C30H39N3O3. The van der Waals surface area contributed by atoms with Crippen LogP contribution in [-0.2, 0) is 20.7 Å². The van der Waals surface area contributed by atoms with Gasteiger partial charge >= 0.3 is 0 Å². The van der Waals surface area contributed by atoms with Gasteiger partial charge in [-0.05, 0) is 48.3 Å². The Bertz CT molecular complexity index is 1090. The second kappa shape index (κ2) is 10.6. The summed E-state index contributed by atoms with van der Waals surface area (Å²) in [6, 6.07) is 8.63. The number of ether oxygens (including phenoxy) is 2. The molecule has 6 heteroatoms. The first-order valence-corrected chi connectivity index (χ1v) is 13.3. The van der Waals surface area contributed by atoms with E-state index in [1.807, 2.05) is 0 Å². The largest absolute Gasteiger partial charge is 0.456 e. The summed E-state index contributed by atoms with van der Waals surface area (Å²) in [6.45, 7) is 11.0. The van der Waals surface area contributed by atoms with E-state index in [2.05, 4.69) is 78.0 Å². The molecule has 0 saturated carbocycles. The van der Waals surface area contributed by atoms with Crippen molar-refractivity contribution in [2.24, 2.45) is 5.41 Å². The lowest BCUT2D eigenvalue weighted by molar-refractivity contribution is -0.121. The Morgan fingerprint density at radius 1 is 1.03 bits per heavy atom. The van der Waals surface area contributed by atoms with Gasteiger partial charge in [-0.15, -0.1) is 0 Å². The van der Waals surface area contributed by atoms with Crippen LogP contribution in [0.25, 0.3) is 0 Å². The topological polar surface area (TPSA) is 45.3 Å². The van der Waals surface area contributed by atoms with Gasteiger partial charge in [-0.3, -0.25) is 9.69 Å². The highest BCUT2D eigenvalue weighted by atomic mass is 16.6. The fraction of sp³-hybridized carbons (Fsp3) is 0.500. The Hall–Kier alpha value is -2.99. The van der Waals surface area contributed by atoms with Crippen molar-refractivity contribution in [3.63, 3.8) is 0 Å². The van der Waals surface area contributed by atoms with Gasteiger partial charge in [-0.25, -0.2) is 0 Å². The first-order chi connectivity index (χ1) is 17.4. The van der Waals surface area contributed by atoms with Crippen molar-refractivity contribution in [1.29, 1.82) is 0 Å². The quantitative estimate of drug-likeness (QED) is 0.558. The van der Waals surface area contributed by atoms with Gasteiger partial charge in [0, 0.05) is 50.9 Å². The van der Waals surface area contributed by atoms with Crippen LogP contribution in [0.2, 0.25) is 0 Å². The van der Waals surface area contributed by atoms with Gasteiger partial charge in [-0.1, -0.05) is 57.2 Å². The maximum absolute atomic E-state index is 13.5. The highest BCUT2D eigenvalue weighted by molar-refractivity contribution is 5.95. The third kappa shape index (κ3) is 5.70. The molecule has 1 aromatic carbocycles. The lowest BCUT2D eigenvalue weighted by Crippen LogP contribution is -2.54. The van der Waals surface area contributed by atoms with E-state index in [1.54, 1.807) is 12.5 Å². The van der Waals surface area contributed by atoms with Crippen LogP contribution in [0.5, 0.6) is 0 Å². The van der Waals surface area contributed by atoms with Crippen LogP contribution >= 0.6 is 0 Å². The molecule has 0 aromatic heterocycles. The molecule has 36 heavy (non-hydrogen) atoms. The molecule has 1 saturated heterocycles. The molecular weight excluding hydrogens is 450 g/mol. The standard InChI is InChI=1S/C30H39N3O3/c1-30(2,3)19-28(34)33-25(14-13-23-9-7-8-12-26(23)33)20-31-15-17-32(18-16-31)29-22-35-27(21-36-29)24-10-5-4-6-11-24/h4-5,7-10,12,21-22,25H,6,11,13-20H2,1-3H3. The van der Waals surface area contributed by atoms with Gasteiger partial charge in [0.15, 0.2) is 12.0 Å². The molecule has 3 heterocycles. The zero-order valence-corrected chi connectivity index (χ0v) is 21.9. The van der Waals surface area contributed by atoms with E-state index in [1.165, 1.54) is 11.1 Å². The van der Waals surface area contributed by atoms with E-state index < -0.39 is 0 Å². The predicted molar refractivity (Wildman–Crippen MR) is 143 cm³/mol. The molecule has 0 bridgehead atoms. The Morgan fingerprint density at radius 3 is 2.53 bits per heavy atom. The van der Waals surface area contributed by atoms with Crippen LogP contribution in [0.4, 0.5) is 5.69 Å². The van der Waals surface area contributed by atoms with Crippen LogP contribution in [0, 0.1) is 5.41 Å². The molecule has 4 aliphatic rings. The maximum Gasteiger partial charge on any atom is 0.231 e. The van der Waals surface area contributed by atoms with Gasteiger partial charge in [0.05, 0.1) is 0 Å². The first kappa shape index (κ1) is 24.7. The normalized spacial score (nSPS) is 22.6. The molecule has 1 unspecified atom stereocenters. The summed E-state index contributed by atoms with van der Waals surface area (Å²) < 4.78 is 11.9. The van der Waals surface area contributed by atoms with E-state index in [0.29, 0.717) is 6.42 Å². The smallest absolute Gasteiger partial charge is 0.231 e. The average Bonchev–Trinajstić information content (AvgIpc) is 2.88. The SMILES string of the molecule is CC(C)(C)CC(=O)N1c2ccccc2CCC1CN1CCN(C2=COC(C3=CC=CCC3)=CO2)CC1. The molecule has 192 valence electrons. The fourth-order valence-electron chi connectivity index (χ4n) is 5.50. The average molecular weight is 490 g/mol. The number of rotatable bonds is 5. The highest BCUT2D eigenvalue weighted by Gasteiger charge is 2.34. The van der Waals surface area contributed by atoms with Crippen molar-refractivity contribution in [1.82, 2.24) is 9.80 Å². The molecule has 1 aliphatic carbocycles. The number of hydrogen-bond acceptors (Lipinski definition) is 5. The summed E-state index contributed by atoms with van der Waals surface area (Å²) in [5.74, 6) is 1.82. The zero-order valence-electron chi connectivity index (χ0n) is 21.9. The molecule has 6 nitrogen and oxygen atoms in total. The molecule has 0 N–H and O–H groups in total. The van der Waals surface area contributed by atoms with E-state index in [4.69, 9.17) is 9.47 Å². The summed E-state index contributed by atoms with van der Waals surface area (Å²) in [7, 11) is 0. The number of anilines is 1. The molecule has 1 amide bonds. The molecule has 1 aromatic rings. The lowest BCUT2D eigenvalue weighted by atomic mass is 9.89. The predicted octanol–water partition coefficient (Wildman–Crippen LogP) is 5.35. The minimum Gasteiger partial charge on any atom is -0.456 e. The Balaban J connectivity index is 1.19.